The molecule has 1 aliphatic heterocycles. The highest BCUT2D eigenvalue weighted by atomic mass is 16.5. The summed E-state index contributed by atoms with van der Waals surface area (Å²) in [6.45, 7) is 3.32. The van der Waals surface area contributed by atoms with Gasteiger partial charge in [0.05, 0.1) is 14.2 Å². The molecule has 2 aromatic carbocycles. The average molecular weight is 411 g/mol. The van der Waals surface area contributed by atoms with Crippen LogP contribution in [0.25, 0.3) is 0 Å². The second kappa shape index (κ2) is 10.1. The zero-order chi connectivity index (χ0) is 21.5. The topological polar surface area (TPSA) is 67.9 Å². The quantitative estimate of drug-likeness (QED) is 0.760. The fourth-order valence-corrected chi connectivity index (χ4v) is 3.77. The van der Waals surface area contributed by atoms with Crippen molar-refractivity contribution in [2.75, 3.05) is 27.3 Å². The van der Waals surface area contributed by atoms with Crippen LogP contribution >= 0.6 is 0 Å². The Balaban J connectivity index is 1.45. The molecular formula is C24H30N2O4. The van der Waals surface area contributed by atoms with Crippen molar-refractivity contribution in [2.45, 2.75) is 38.6 Å². The molecule has 2 amide bonds. The normalized spacial score (nSPS) is 14.3. The van der Waals surface area contributed by atoms with E-state index in [1.807, 2.05) is 54.3 Å². The van der Waals surface area contributed by atoms with Gasteiger partial charge in [0, 0.05) is 31.1 Å². The summed E-state index contributed by atoms with van der Waals surface area (Å²) in [7, 11) is 3.21. The first-order valence-corrected chi connectivity index (χ1v) is 10.4. The molecule has 1 aliphatic rings. The maximum atomic E-state index is 12.6. The largest absolute Gasteiger partial charge is 0.493 e. The van der Waals surface area contributed by atoms with Crippen molar-refractivity contribution >= 4 is 11.8 Å². The summed E-state index contributed by atoms with van der Waals surface area (Å²) in [5.41, 5.74) is 2.79. The third kappa shape index (κ3) is 5.53. The molecule has 0 unspecified atom stereocenters. The Labute approximate surface area is 178 Å². The van der Waals surface area contributed by atoms with Crippen molar-refractivity contribution in [3.8, 4) is 11.5 Å². The van der Waals surface area contributed by atoms with Crippen LogP contribution in [0.2, 0.25) is 0 Å². The van der Waals surface area contributed by atoms with E-state index in [1.165, 1.54) is 0 Å². The highest BCUT2D eigenvalue weighted by Gasteiger charge is 2.24. The molecule has 0 atom stereocenters. The van der Waals surface area contributed by atoms with Crippen molar-refractivity contribution in [2.24, 2.45) is 0 Å². The van der Waals surface area contributed by atoms with Gasteiger partial charge in [-0.2, -0.15) is 0 Å². The SMILES string of the molecule is COc1ccc(CCC(=O)N2CCC(NC(=O)c3cccc(C)c3)CC2)cc1OC. The number of hydrogen-bond donors (Lipinski definition) is 1. The maximum Gasteiger partial charge on any atom is 0.251 e. The Morgan fingerprint density at radius 1 is 1.03 bits per heavy atom. The third-order valence-corrected chi connectivity index (χ3v) is 5.54. The summed E-state index contributed by atoms with van der Waals surface area (Å²) in [6.07, 6.45) is 2.67. The second-order valence-corrected chi connectivity index (χ2v) is 7.69. The van der Waals surface area contributed by atoms with Gasteiger partial charge in [-0.3, -0.25) is 9.59 Å². The van der Waals surface area contributed by atoms with Crippen molar-refractivity contribution in [3.63, 3.8) is 0 Å². The molecule has 160 valence electrons. The van der Waals surface area contributed by atoms with E-state index < -0.39 is 0 Å². The first kappa shape index (κ1) is 21.7. The van der Waals surface area contributed by atoms with Gasteiger partial charge < -0.3 is 19.7 Å². The average Bonchev–Trinajstić information content (AvgIpc) is 2.77. The van der Waals surface area contributed by atoms with Crippen LogP contribution in [0, 0.1) is 6.92 Å². The molecule has 0 spiro atoms. The van der Waals surface area contributed by atoms with Gasteiger partial charge in [0.15, 0.2) is 11.5 Å². The Morgan fingerprint density at radius 3 is 2.43 bits per heavy atom. The standard InChI is InChI=1S/C24H30N2O4/c1-17-5-4-6-19(15-17)24(28)25-20-11-13-26(14-12-20)23(27)10-8-18-7-9-21(29-2)22(16-18)30-3/h4-7,9,15-16,20H,8,10-14H2,1-3H3,(H,25,28). The van der Waals surface area contributed by atoms with Gasteiger partial charge in [-0.05, 0) is 56.0 Å². The minimum Gasteiger partial charge on any atom is -0.493 e. The molecule has 1 N–H and O–H groups in total. The van der Waals surface area contributed by atoms with Crippen LogP contribution in [0.5, 0.6) is 11.5 Å². The first-order chi connectivity index (χ1) is 14.5. The highest BCUT2D eigenvalue weighted by molar-refractivity contribution is 5.94. The molecule has 0 radical (unpaired) electrons. The number of carbonyl (C=O) groups excluding carboxylic acids is 2. The van der Waals surface area contributed by atoms with Crippen molar-refractivity contribution < 1.29 is 19.1 Å². The molecular weight excluding hydrogens is 380 g/mol. The fourth-order valence-electron chi connectivity index (χ4n) is 3.77. The lowest BCUT2D eigenvalue weighted by Crippen LogP contribution is -2.46. The summed E-state index contributed by atoms with van der Waals surface area (Å²) < 4.78 is 10.6. The van der Waals surface area contributed by atoms with E-state index in [0.717, 1.165) is 24.0 Å². The van der Waals surface area contributed by atoms with E-state index in [4.69, 9.17) is 9.47 Å². The van der Waals surface area contributed by atoms with E-state index >= 15 is 0 Å². The number of carbonyl (C=O) groups is 2. The zero-order valence-electron chi connectivity index (χ0n) is 17.9. The summed E-state index contributed by atoms with van der Waals surface area (Å²) >= 11 is 0. The number of piperidine rings is 1. The number of amides is 2. The Bertz CT molecular complexity index is 889. The van der Waals surface area contributed by atoms with Gasteiger partial charge in [0.2, 0.25) is 5.91 Å². The van der Waals surface area contributed by atoms with Crippen molar-refractivity contribution in [3.05, 3.63) is 59.2 Å². The predicted molar refractivity (Wildman–Crippen MR) is 116 cm³/mol. The van der Waals surface area contributed by atoms with Crippen LogP contribution in [-0.4, -0.2) is 50.1 Å². The number of nitrogens with zero attached hydrogens (tertiary/aromatic N) is 1. The van der Waals surface area contributed by atoms with E-state index in [-0.39, 0.29) is 17.9 Å². The van der Waals surface area contributed by atoms with E-state index in [0.29, 0.717) is 43.0 Å². The number of hydrogen-bond acceptors (Lipinski definition) is 4. The number of likely N-dealkylation sites (tertiary alicyclic amines) is 1. The lowest BCUT2D eigenvalue weighted by atomic mass is 10.0. The number of nitrogens with one attached hydrogen (secondary N) is 1. The smallest absolute Gasteiger partial charge is 0.251 e. The van der Waals surface area contributed by atoms with Gasteiger partial charge in [-0.1, -0.05) is 23.8 Å². The van der Waals surface area contributed by atoms with Gasteiger partial charge in [0.25, 0.3) is 5.91 Å². The van der Waals surface area contributed by atoms with E-state index in [1.54, 1.807) is 14.2 Å². The van der Waals surface area contributed by atoms with E-state index in [2.05, 4.69) is 5.32 Å². The summed E-state index contributed by atoms with van der Waals surface area (Å²) in [5.74, 6) is 1.46. The molecule has 6 nitrogen and oxygen atoms in total. The fraction of sp³-hybridized carbons (Fsp3) is 0.417. The van der Waals surface area contributed by atoms with Crippen LogP contribution in [0.4, 0.5) is 0 Å². The zero-order valence-corrected chi connectivity index (χ0v) is 17.9. The first-order valence-electron chi connectivity index (χ1n) is 10.4. The monoisotopic (exact) mass is 410 g/mol. The Kier molecular flexibility index (Phi) is 7.33. The molecule has 1 fully saturated rings. The maximum absolute atomic E-state index is 12.6. The molecule has 0 aliphatic carbocycles. The Hall–Kier alpha value is -3.02. The molecule has 3 rings (SSSR count). The number of ether oxygens (including phenoxy) is 2. The lowest BCUT2D eigenvalue weighted by Gasteiger charge is -2.32. The van der Waals surface area contributed by atoms with Crippen LogP contribution in [-0.2, 0) is 11.2 Å². The van der Waals surface area contributed by atoms with Crippen LogP contribution < -0.4 is 14.8 Å². The summed E-state index contributed by atoms with van der Waals surface area (Å²) in [4.78, 5) is 26.9. The molecule has 30 heavy (non-hydrogen) atoms. The summed E-state index contributed by atoms with van der Waals surface area (Å²) in [6, 6.07) is 13.4. The highest BCUT2D eigenvalue weighted by Crippen LogP contribution is 2.28. The number of aryl methyl sites for hydroxylation is 2. The van der Waals surface area contributed by atoms with Gasteiger partial charge >= 0.3 is 0 Å². The Morgan fingerprint density at radius 2 is 1.77 bits per heavy atom. The van der Waals surface area contributed by atoms with Gasteiger partial charge in [-0.25, -0.2) is 0 Å². The molecule has 1 heterocycles. The number of rotatable bonds is 7. The molecule has 0 bridgehead atoms. The second-order valence-electron chi connectivity index (χ2n) is 7.69. The van der Waals surface area contributed by atoms with Crippen LogP contribution in [0.15, 0.2) is 42.5 Å². The molecule has 1 saturated heterocycles. The van der Waals surface area contributed by atoms with Crippen molar-refractivity contribution in [1.29, 1.82) is 0 Å². The molecule has 2 aromatic rings. The summed E-state index contributed by atoms with van der Waals surface area (Å²) in [5, 5.41) is 3.10. The minimum atomic E-state index is -0.0445. The van der Waals surface area contributed by atoms with Gasteiger partial charge in [-0.15, -0.1) is 0 Å². The molecule has 6 heteroatoms. The van der Waals surface area contributed by atoms with Crippen LogP contribution in [0.3, 0.4) is 0 Å². The lowest BCUT2D eigenvalue weighted by molar-refractivity contribution is -0.132. The number of benzene rings is 2. The number of methoxy groups -OCH3 is 2. The molecule has 0 aromatic heterocycles. The minimum absolute atomic E-state index is 0.0445. The van der Waals surface area contributed by atoms with Gasteiger partial charge in [0.1, 0.15) is 0 Å². The van der Waals surface area contributed by atoms with Crippen LogP contribution in [0.1, 0.15) is 40.7 Å². The van der Waals surface area contributed by atoms with Crippen molar-refractivity contribution in [1.82, 2.24) is 10.2 Å². The predicted octanol–water partition coefficient (Wildman–Crippen LogP) is 3.37. The third-order valence-electron chi connectivity index (χ3n) is 5.54. The molecule has 0 saturated carbocycles. The van der Waals surface area contributed by atoms with E-state index in [9.17, 15) is 9.59 Å².